The molecule has 1 aliphatic heterocycles. The number of alkyl halides is 1. The number of ether oxygens (including phenoxy) is 3. The van der Waals surface area contributed by atoms with Crippen LogP contribution in [0.4, 0.5) is 4.79 Å². The molecule has 0 aromatic rings. The molecular weight excluding hydrogens is 434 g/mol. The van der Waals surface area contributed by atoms with Crippen LogP contribution in [-0.4, -0.2) is 98.0 Å². The highest BCUT2D eigenvalue weighted by Gasteiger charge is 2.60. The van der Waals surface area contributed by atoms with Crippen molar-refractivity contribution in [3.8, 4) is 0 Å². The molecule has 12 heteroatoms. The van der Waals surface area contributed by atoms with Crippen molar-refractivity contribution in [3.63, 3.8) is 0 Å². The van der Waals surface area contributed by atoms with Crippen molar-refractivity contribution >= 4 is 28.0 Å². The molecule has 11 nitrogen and oxygen atoms in total. The van der Waals surface area contributed by atoms with Crippen molar-refractivity contribution < 1.29 is 49.3 Å². The molecule has 0 aliphatic carbocycles. The summed E-state index contributed by atoms with van der Waals surface area (Å²) in [5.41, 5.74) is -0.871. The molecule has 1 saturated heterocycles. The number of halogens is 1. The number of rotatable bonds is 5. The van der Waals surface area contributed by atoms with Crippen LogP contribution in [0.5, 0.6) is 0 Å². The number of esters is 1. The first-order valence-electron chi connectivity index (χ1n) is 8.05. The molecule has 1 rings (SSSR count). The Kier molecular flexibility index (Phi) is 7.99. The van der Waals surface area contributed by atoms with Gasteiger partial charge in [0.15, 0.2) is 0 Å². The molecule has 0 spiro atoms. The van der Waals surface area contributed by atoms with Gasteiger partial charge in [-0.3, -0.25) is 0 Å². The fourth-order valence-corrected chi connectivity index (χ4v) is 3.10. The second-order valence-corrected chi connectivity index (χ2v) is 8.06. The number of alkyl carbamates (subject to hydrolysis) is 1. The fraction of sp³-hybridized carbons (Fsp3) is 0.867. The van der Waals surface area contributed by atoms with Crippen LogP contribution in [0.2, 0.25) is 0 Å². The van der Waals surface area contributed by atoms with Crippen LogP contribution in [-0.2, 0) is 19.0 Å². The number of aliphatic hydroxyl groups excluding tert-OH is 4. The van der Waals surface area contributed by atoms with Gasteiger partial charge >= 0.3 is 12.1 Å². The van der Waals surface area contributed by atoms with Gasteiger partial charge in [-0.1, -0.05) is 15.9 Å². The molecule has 0 radical (unpaired) electrons. The van der Waals surface area contributed by atoms with Crippen LogP contribution in [0.3, 0.4) is 0 Å². The van der Waals surface area contributed by atoms with Crippen LogP contribution in [0.15, 0.2) is 0 Å². The summed E-state index contributed by atoms with van der Waals surface area (Å²) in [6, 6.07) is -1.43. The minimum atomic E-state index is -2.74. The molecule has 158 valence electrons. The Hall–Kier alpha value is -1.02. The van der Waals surface area contributed by atoms with Crippen LogP contribution in [0, 0.1) is 0 Å². The largest absolute Gasteiger partial charge is 0.465 e. The van der Waals surface area contributed by atoms with E-state index in [9.17, 15) is 30.0 Å². The maximum absolute atomic E-state index is 12.1. The Morgan fingerprint density at radius 2 is 1.89 bits per heavy atom. The predicted molar refractivity (Wildman–Crippen MR) is 92.8 cm³/mol. The Labute approximate surface area is 164 Å². The second kappa shape index (κ2) is 8.99. The number of nitrogens with one attached hydrogen (secondary N) is 1. The summed E-state index contributed by atoms with van der Waals surface area (Å²) in [7, 11) is 0.967. The predicted octanol–water partition coefficient (Wildman–Crippen LogP) is -2.02. The molecule has 1 aliphatic rings. The molecule has 7 atom stereocenters. The first kappa shape index (κ1) is 24.0. The Balaban J connectivity index is 3.21. The summed E-state index contributed by atoms with van der Waals surface area (Å²) in [6.07, 6.45) is -8.00. The maximum atomic E-state index is 12.1. The van der Waals surface area contributed by atoms with Crippen LogP contribution < -0.4 is 5.32 Å². The Bertz CT molecular complexity index is 541. The quantitative estimate of drug-likeness (QED) is 0.198. The Morgan fingerprint density at radius 1 is 1.33 bits per heavy atom. The van der Waals surface area contributed by atoms with Crippen molar-refractivity contribution in [1.82, 2.24) is 5.32 Å². The molecule has 2 unspecified atom stereocenters. The number of aliphatic hydroxyl groups is 5. The number of carbonyl (C=O) groups excluding carboxylic acids is 2. The molecule has 27 heavy (non-hydrogen) atoms. The molecule has 0 aromatic carbocycles. The minimum absolute atomic E-state index is 0.871. The van der Waals surface area contributed by atoms with Crippen molar-refractivity contribution in [2.24, 2.45) is 0 Å². The van der Waals surface area contributed by atoms with E-state index in [1.807, 2.05) is 0 Å². The molecular formula is C15H26BrNO10. The average molecular weight is 460 g/mol. The van der Waals surface area contributed by atoms with E-state index in [1.54, 1.807) is 20.8 Å². The van der Waals surface area contributed by atoms with Gasteiger partial charge in [-0.2, -0.15) is 0 Å². The first-order chi connectivity index (χ1) is 12.3. The first-order valence-corrected chi connectivity index (χ1v) is 8.97. The molecule has 0 saturated carbocycles. The zero-order valence-corrected chi connectivity index (χ0v) is 16.9. The normalized spacial score (nSPS) is 33.7. The van der Waals surface area contributed by atoms with Crippen LogP contribution in [0.1, 0.15) is 20.8 Å². The smallest absolute Gasteiger partial charge is 0.408 e. The number of amides is 1. The van der Waals surface area contributed by atoms with Gasteiger partial charge in [0.05, 0.1) is 25.9 Å². The molecule has 6 N–H and O–H groups in total. The summed E-state index contributed by atoms with van der Waals surface area (Å²) in [5, 5.41) is 52.3. The number of methoxy groups -OCH3 is 1. The maximum Gasteiger partial charge on any atom is 0.408 e. The zero-order chi connectivity index (χ0) is 21.2. The van der Waals surface area contributed by atoms with Crippen molar-refractivity contribution in [1.29, 1.82) is 0 Å². The number of carbonyl (C=O) groups is 2. The van der Waals surface area contributed by atoms with E-state index in [1.165, 1.54) is 0 Å². The second-order valence-electron chi connectivity index (χ2n) is 7.08. The third-order valence-electron chi connectivity index (χ3n) is 3.79. The van der Waals surface area contributed by atoms with E-state index < -0.39 is 65.3 Å². The summed E-state index contributed by atoms with van der Waals surface area (Å²) in [4.78, 5) is 22.5. The summed E-state index contributed by atoms with van der Waals surface area (Å²) in [5.74, 6) is -4.02. The van der Waals surface area contributed by atoms with Gasteiger partial charge in [0, 0.05) is 0 Å². The lowest BCUT2D eigenvalue weighted by Crippen LogP contribution is -2.72. The lowest BCUT2D eigenvalue weighted by molar-refractivity contribution is -0.291. The van der Waals surface area contributed by atoms with E-state index in [0.29, 0.717) is 0 Å². The zero-order valence-electron chi connectivity index (χ0n) is 15.3. The highest BCUT2D eigenvalue weighted by atomic mass is 79.9. The van der Waals surface area contributed by atoms with Crippen molar-refractivity contribution in [3.05, 3.63) is 0 Å². The summed E-state index contributed by atoms with van der Waals surface area (Å²) in [6.45, 7) is 3.92. The molecule has 0 bridgehead atoms. The third-order valence-corrected chi connectivity index (χ3v) is 4.95. The lowest BCUT2D eigenvalue weighted by atomic mass is 9.88. The van der Waals surface area contributed by atoms with Gasteiger partial charge < -0.3 is 45.1 Å². The van der Waals surface area contributed by atoms with E-state index in [-0.39, 0.29) is 0 Å². The fourth-order valence-electron chi connectivity index (χ4n) is 2.48. The van der Waals surface area contributed by atoms with E-state index in [4.69, 9.17) is 14.6 Å². The SMILES string of the molecule is COC(=O)[C@@]1(O)OC([C@H](O)[C@H](O)CO)[C@H](NC(=O)OC(C)(C)C)C(O)[C@@H]1Br. The third kappa shape index (κ3) is 5.50. The van der Waals surface area contributed by atoms with Crippen molar-refractivity contribution in [2.45, 2.75) is 67.4 Å². The average Bonchev–Trinajstić information content (AvgIpc) is 2.58. The van der Waals surface area contributed by atoms with E-state index >= 15 is 0 Å². The van der Waals surface area contributed by atoms with Gasteiger partial charge in [0.1, 0.15) is 28.7 Å². The summed E-state index contributed by atoms with van der Waals surface area (Å²) < 4.78 is 14.7. The van der Waals surface area contributed by atoms with Crippen LogP contribution in [0.25, 0.3) is 0 Å². The summed E-state index contributed by atoms with van der Waals surface area (Å²) >= 11 is 2.93. The van der Waals surface area contributed by atoms with Gasteiger partial charge in [-0.05, 0) is 20.8 Å². The minimum Gasteiger partial charge on any atom is -0.465 e. The highest BCUT2D eigenvalue weighted by Crippen LogP contribution is 2.36. The monoisotopic (exact) mass is 459 g/mol. The van der Waals surface area contributed by atoms with Gasteiger partial charge in [-0.15, -0.1) is 0 Å². The molecule has 1 heterocycles. The van der Waals surface area contributed by atoms with Gasteiger partial charge in [0.2, 0.25) is 0 Å². The number of hydrogen-bond donors (Lipinski definition) is 6. The van der Waals surface area contributed by atoms with Crippen molar-refractivity contribution in [2.75, 3.05) is 13.7 Å². The molecule has 1 amide bonds. The topological polar surface area (TPSA) is 175 Å². The van der Waals surface area contributed by atoms with E-state index in [2.05, 4.69) is 26.0 Å². The Morgan fingerprint density at radius 3 is 2.33 bits per heavy atom. The standard InChI is InChI=1S/C15H26BrNO10/c1-14(2,3)27-13(23)17-7-9(21)11(16)15(24,12(22)25-4)26-10(7)8(20)6(19)5-18/h6-11,18-21,24H,5H2,1-4H3,(H,17,23)/t6-,7-,8-,9?,10?,11+,15+/m1/s1. The van der Waals surface area contributed by atoms with E-state index in [0.717, 1.165) is 7.11 Å². The number of hydrogen-bond acceptors (Lipinski definition) is 10. The molecule has 1 fully saturated rings. The lowest BCUT2D eigenvalue weighted by Gasteiger charge is -2.47. The van der Waals surface area contributed by atoms with Gasteiger partial charge in [0.25, 0.3) is 5.79 Å². The van der Waals surface area contributed by atoms with Gasteiger partial charge in [-0.25, -0.2) is 9.59 Å². The highest BCUT2D eigenvalue weighted by molar-refractivity contribution is 9.09. The molecule has 0 aromatic heterocycles. The van der Waals surface area contributed by atoms with Crippen LogP contribution >= 0.6 is 15.9 Å².